The number of carboxylic acid groups (broad SMARTS) is 1. The van der Waals surface area contributed by atoms with Crippen molar-refractivity contribution in [2.45, 2.75) is 101 Å². The second-order valence-corrected chi connectivity index (χ2v) is 15.2. The molecule has 8 rings (SSSR count). The molecule has 6 atom stereocenters. The molecule has 3 aromatic rings. The number of nitrogens with one attached hydrogen (secondary N) is 2. The Morgan fingerprint density at radius 2 is 1.63 bits per heavy atom. The van der Waals surface area contributed by atoms with Crippen LogP contribution in [0.25, 0.3) is 10.9 Å². The van der Waals surface area contributed by atoms with Crippen molar-refractivity contribution in [3.05, 3.63) is 71.4 Å². The number of hydrogen-bond acceptors (Lipinski definition) is 7. The first-order chi connectivity index (χ1) is 23.1. The van der Waals surface area contributed by atoms with Crippen LogP contribution in [-0.2, 0) is 20.7 Å². The van der Waals surface area contributed by atoms with E-state index in [0.29, 0.717) is 24.1 Å². The molecule has 5 unspecified atom stereocenters. The number of H-pyrrole nitrogens is 1. The lowest BCUT2D eigenvalue weighted by Crippen LogP contribution is -2.69. The van der Waals surface area contributed by atoms with Crippen molar-refractivity contribution < 1.29 is 29.3 Å². The molecule has 264 valence electrons. The highest BCUT2D eigenvalue weighted by Gasteiger charge is 2.74. The van der Waals surface area contributed by atoms with Crippen LogP contribution in [0.15, 0.2) is 60.2 Å². The van der Waals surface area contributed by atoms with E-state index in [0.717, 1.165) is 30.5 Å². The first kappa shape index (κ1) is 35.1. The van der Waals surface area contributed by atoms with Gasteiger partial charge in [-0.25, -0.2) is 4.79 Å². The van der Waals surface area contributed by atoms with E-state index in [9.17, 15) is 14.7 Å². The van der Waals surface area contributed by atoms with Gasteiger partial charge in [0, 0.05) is 70.9 Å². The fourth-order valence-electron chi connectivity index (χ4n) is 9.59. The summed E-state index contributed by atoms with van der Waals surface area (Å²) in [6.07, 6.45) is 3.80. The third-order valence-electron chi connectivity index (χ3n) is 11.9. The molecule has 2 saturated carbocycles. The Balaban J connectivity index is 0.000000235. The lowest BCUT2D eigenvalue weighted by atomic mass is 9.46. The minimum absolute atomic E-state index is 0.0882. The van der Waals surface area contributed by atoms with E-state index < -0.39 is 34.6 Å². The van der Waals surface area contributed by atoms with Gasteiger partial charge >= 0.3 is 6.09 Å². The molecule has 3 fully saturated rings. The number of ether oxygens (including phenoxy) is 2. The molecule has 5 aliphatic rings. The standard InChI is InChI=1S/C28H34N2O4.C9H12N2O2.C2H6/c1-24(2)23-19(31)14-20-27(32)12-11-26(30(4)5)15-17-16-8-6-7-9-18(16)29-21(17)22(26)25(27,3)10-13-28(20,33-23)34-24;1-11(2)8-5-3-7(4-6-8)10-9(12)13;1-2/h6-9,14,22-23,29,32H,10-13,15H2,1-5H3;3-6,10H,1-2H3,(H,12,13);1-2H3/t22?,23?,25?,26?,27-,28?;;/m1../s1. The van der Waals surface area contributed by atoms with Crippen LogP contribution >= 0.6 is 0 Å². The van der Waals surface area contributed by atoms with E-state index >= 15 is 0 Å². The summed E-state index contributed by atoms with van der Waals surface area (Å²) in [5.41, 5.74) is 3.59. The van der Waals surface area contributed by atoms with Crippen LogP contribution in [-0.4, -0.2) is 88.8 Å². The molecular weight excluding hydrogens is 620 g/mol. The van der Waals surface area contributed by atoms with E-state index in [-0.39, 0.29) is 17.2 Å². The van der Waals surface area contributed by atoms with Crippen LogP contribution in [0.2, 0.25) is 0 Å². The minimum Gasteiger partial charge on any atom is -0.465 e. The zero-order valence-corrected chi connectivity index (χ0v) is 30.3. The Morgan fingerprint density at radius 1 is 0.959 bits per heavy atom. The van der Waals surface area contributed by atoms with Gasteiger partial charge in [0.25, 0.3) is 0 Å². The van der Waals surface area contributed by atoms with Crippen LogP contribution in [0.4, 0.5) is 16.2 Å². The van der Waals surface area contributed by atoms with Crippen LogP contribution in [0, 0.1) is 5.41 Å². The highest BCUT2D eigenvalue weighted by molar-refractivity contribution is 5.97. The smallest absolute Gasteiger partial charge is 0.409 e. The van der Waals surface area contributed by atoms with Crippen LogP contribution < -0.4 is 10.2 Å². The lowest BCUT2D eigenvalue weighted by molar-refractivity contribution is -0.243. The second kappa shape index (κ2) is 12.0. The van der Waals surface area contributed by atoms with Gasteiger partial charge < -0.3 is 34.5 Å². The van der Waals surface area contributed by atoms with Crippen LogP contribution in [0.3, 0.4) is 0 Å². The van der Waals surface area contributed by atoms with Crippen molar-refractivity contribution in [1.82, 2.24) is 9.88 Å². The van der Waals surface area contributed by atoms with E-state index in [1.54, 1.807) is 18.2 Å². The number of fused-ring (bicyclic) bond motifs is 9. The van der Waals surface area contributed by atoms with Gasteiger partial charge in [-0.3, -0.25) is 10.1 Å². The number of carbonyl (C=O) groups excluding carboxylic acids is 1. The number of hydrogen-bond donors (Lipinski definition) is 4. The van der Waals surface area contributed by atoms with Crippen molar-refractivity contribution in [2.75, 3.05) is 38.4 Å². The predicted octanol–water partition coefficient (Wildman–Crippen LogP) is 6.70. The number of amides is 1. The summed E-state index contributed by atoms with van der Waals surface area (Å²) in [5, 5.41) is 24.7. The van der Waals surface area contributed by atoms with Gasteiger partial charge in [0.05, 0.1) is 5.60 Å². The Bertz CT molecular complexity index is 1800. The molecule has 49 heavy (non-hydrogen) atoms. The summed E-state index contributed by atoms with van der Waals surface area (Å²) < 4.78 is 12.9. The Kier molecular flexibility index (Phi) is 8.58. The topological polar surface area (TPSA) is 127 Å². The quantitative estimate of drug-likeness (QED) is 0.242. The first-order valence-corrected chi connectivity index (χ1v) is 17.5. The number of anilines is 2. The number of para-hydroxylation sites is 1. The number of aromatic amines is 1. The molecule has 1 aromatic heterocycles. The zero-order valence-electron chi connectivity index (χ0n) is 30.3. The van der Waals surface area contributed by atoms with Crippen molar-refractivity contribution in [3.8, 4) is 0 Å². The number of aromatic nitrogens is 1. The van der Waals surface area contributed by atoms with Gasteiger partial charge in [-0.1, -0.05) is 39.0 Å². The molecule has 4 N–H and O–H groups in total. The molecule has 1 amide bonds. The monoisotopic (exact) mass is 672 g/mol. The summed E-state index contributed by atoms with van der Waals surface area (Å²) in [5.74, 6) is -0.999. The average molecular weight is 673 g/mol. The SMILES string of the molecule is CC.CN(C)C12CC[C@@]3(O)C4=CC(=O)C5OC4(CCC3(C)C1c1[nH]c3ccccc3c1C2)OC5(C)C.CN(C)c1ccc(NC(=O)O)cc1. The number of nitrogens with zero attached hydrogens (tertiary/aromatic N) is 2. The molecule has 3 heterocycles. The summed E-state index contributed by atoms with van der Waals surface area (Å²) in [6.45, 7) is 10.1. The maximum Gasteiger partial charge on any atom is 0.409 e. The molecule has 10 heteroatoms. The van der Waals surface area contributed by atoms with Gasteiger partial charge in [0.2, 0.25) is 0 Å². The largest absolute Gasteiger partial charge is 0.465 e. The number of likely N-dealkylation sites (N-methyl/N-ethyl adjacent to an activating group) is 1. The number of carbonyl (C=O) groups is 2. The van der Waals surface area contributed by atoms with E-state index in [2.05, 4.69) is 60.5 Å². The Hall–Kier alpha value is -3.70. The summed E-state index contributed by atoms with van der Waals surface area (Å²) >= 11 is 0. The maximum atomic E-state index is 13.1. The third kappa shape index (κ3) is 5.13. The Labute approximate surface area is 289 Å². The van der Waals surface area contributed by atoms with Gasteiger partial charge in [-0.15, -0.1) is 0 Å². The molecule has 3 aliphatic carbocycles. The van der Waals surface area contributed by atoms with Gasteiger partial charge in [0.1, 0.15) is 5.60 Å². The number of aliphatic hydroxyl groups is 1. The second-order valence-electron chi connectivity index (χ2n) is 15.2. The van der Waals surface area contributed by atoms with Gasteiger partial charge in [-0.2, -0.15) is 0 Å². The number of benzene rings is 2. The molecule has 2 bridgehead atoms. The summed E-state index contributed by atoms with van der Waals surface area (Å²) in [4.78, 5) is 31.5. The summed E-state index contributed by atoms with van der Waals surface area (Å²) in [6, 6.07) is 15.7. The molecule has 10 nitrogen and oxygen atoms in total. The third-order valence-corrected chi connectivity index (χ3v) is 11.9. The molecule has 1 spiro atoms. The fourth-order valence-corrected chi connectivity index (χ4v) is 9.59. The highest BCUT2D eigenvalue weighted by Crippen LogP contribution is 2.71. The van der Waals surface area contributed by atoms with E-state index in [4.69, 9.17) is 14.6 Å². The van der Waals surface area contributed by atoms with E-state index in [1.165, 1.54) is 16.6 Å². The number of rotatable bonds is 3. The molecule has 2 aromatic carbocycles. The van der Waals surface area contributed by atoms with E-state index in [1.807, 2.05) is 58.8 Å². The molecule has 0 radical (unpaired) electrons. The van der Waals surface area contributed by atoms with Crippen molar-refractivity contribution in [3.63, 3.8) is 0 Å². The number of ketones is 1. The lowest BCUT2D eigenvalue weighted by Gasteiger charge is -2.65. The Morgan fingerprint density at radius 3 is 2.27 bits per heavy atom. The van der Waals surface area contributed by atoms with Crippen LogP contribution in [0.1, 0.15) is 77.5 Å². The summed E-state index contributed by atoms with van der Waals surface area (Å²) in [7, 11) is 8.22. The van der Waals surface area contributed by atoms with Crippen LogP contribution in [0.5, 0.6) is 0 Å². The van der Waals surface area contributed by atoms with Crippen molar-refractivity contribution in [2.24, 2.45) is 5.41 Å². The minimum atomic E-state index is -1.19. The molecule has 1 saturated heterocycles. The first-order valence-electron chi connectivity index (χ1n) is 17.5. The predicted molar refractivity (Wildman–Crippen MR) is 192 cm³/mol. The van der Waals surface area contributed by atoms with Gasteiger partial charge in [0.15, 0.2) is 17.7 Å². The zero-order chi connectivity index (χ0) is 35.7. The normalized spacial score (nSPS) is 33.1. The maximum absolute atomic E-state index is 13.1. The fraction of sp³-hybridized carbons (Fsp3) is 0.538. The average Bonchev–Trinajstić information content (AvgIpc) is 3.66. The van der Waals surface area contributed by atoms with Crippen molar-refractivity contribution in [1.29, 1.82) is 0 Å². The van der Waals surface area contributed by atoms with Gasteiger partial charge in [-0.05, 0) is 95.6 Å². The molecule has 2 aliphatic heterocycles. The molecular formula is C39H52N4O6. The van der Waals surface area contributed by atoms with Crippen molar-refractivity contribution >= 4 is 34.2 Å². The highest BCUT2D eigenvalue weighted by atomic mass is 16.8.